The Hall–Kier alpha value is -1.46. The second-order valence-corrected chi connectivity index (χ2v) is 4.30. The van der Waals surface area contributed by atoms with E-state index < -0.39 is 0 Å². The van der Waals surface area contributed by atoms with Crippen molar-refractivity contribution in [2.24, 2.45) is 5.73 Å². The topological polar surface area (TPSA) is 62.9 Å². The summed E-state index contributed by atoms with van der Waals surface area (Å²) in [5.41, 5.74) is 5.42. The van der Waals surface area contributed by atoms with E-state index in [2.05, 4.69) is 0 Å². The molecule has 0 bridgehead atoms. The number of hydrogen-bond acceptors (Lipinski definition) is 5. The van der Waals surface area contributed by atoms with Crippen LogP contribution in [0.25, 0.3) is 0 Å². The van der Waals surface area contributed by atoms with Gasteiger partial charge in [-0.3, -0.25) is 0 Å². The van der Waals surface area contributed by atoms with Crippen LogP contribution in [0.15, 0.2) is 18.2 Å². The first-order valence-corrected chi connectivity index (χ1v) is 6.95. The molecule has 0 saturated carbocycles. The number of nitrogens with two attached hydrogens (primary N) is 1. The van der Waals surface area contributed by atoms with Gasteiger partial charge in [0.15, 0.2) is 11.5 Å². The summed E-state index contributed by atoms with van der Waals surface area (Å²) in [6.45, 7) is 2.54. The van der Waals surface area contributed by atoms with Crippen molar-refractivity contribution in [2.75, 3.05) is 40.6 Å². The van der Waals surface area contributed by atoms with Gasteiger partial charge in [-0.15, -0.1) is 0 Å². The second kappa shape index (κ2) is 10.3. The van der Waals surface area contributed by atoms with Gasteiger partial charge < -0.3 is 24.7 Å². The Morgan fingerprint density at radius 3 is 2.40 bits per heavy atom. The minimum absolute atomic E-state index is 0.487. The summed E-state index contributed by atoms with van der Waals surface area (Å²) in [7, 11) is 3.20. The average Bonchev–Trinajstić information content (AvgIpc) is 2.49. The van der Waals surface area contributed by atoms with Crippen LogP contribution in [0.4, 0.5) is 0 Å². The number of hydrogen-bond donors (Lipinski definition) is 1. The highest BCUT2D eigenvalue weighted by Crippen LogP contribution is 2.36. The van der Waals surface area contributed by atoms with E-state index >= 15 is 0 Å². The molecule has 0 aliphatic heterocycles. The molecule has 1 aromatic rings. The van der Waals surface area contributed by atoms with E-state index in [1.165, 1.54) is 0 Å². The number of methoxy groups -OCH3 is 2. The normalized spacial score (nSPS) is 10.3. The van der Waals surface area contributed by atoms with Crippen molar-refractivity contribution in [3.63, 3.8) is 0 Å². The van der Waals surface area contributed by atoms with Gasteiger partial charge in [-0.1, -0.05) is 6.07 Å². The molecule has 5 nitrogen and oxygen atoms in total. The van der Waals surface area contributed by atoms with E-state index in [1.807, 2.05) is 18.2 Å². The smallest absolute Gasteiger partial charge is 0.203 e. The maximum atomic E-state index is 5.65. The van der Waals surface area contributed by atoms with Crippen molar-refractivity contribution < 1.29 is 18.9 Å². The van der Waals surface area contributed by atoms with Gasteiger partial charge in [-0.25, -0.2) is 0 Å². The Balaban J connectivity index is 2.25. The zero-order valence-electron chi connectivity index (χ0n) is 12.4. The molecule has 0 aromatic heterocycles. The molecule has 0 unspecified atom stereocenters. The van der Waals surface area contributed by atoms with Crippen LogP contribution < -0.4 is 19.9 Å². The minimum atomic E-state index is 0.487. The number of ether oxygens (including phenoxy) is 4. The summed E-state index contributed by atoms with van der Waals surface area (Å²) in [6.07, 6.45) is 3.21. The molecule has 0 atom stereocenters. The fourth-order valence-electron chi connectivity index (χ4n) is 1.81. The molecule has 1 rings (SSSR count). The van der Waals surface area contributed by atoms with Gasteiger partial charge in [0.1, 0.15) is 6.61 Å². The molecule has 114 valence electrons. The van der Waals surface area contributed by atoms with Crippen molar-refractivity contribution in [3.8, 4) is 17.2 Å². The highest BCUT2D eigenvalue weighted by atomic mass is 16.5. The standard InChI is InChI=1S/C15H25NO4/c1-17-13-7-6-8-14(15(13)18-2)20-12-11-19-10-5-3-4-9-16/h6-8H,3-5,9-12,16H2,1-2H3. The predicted octanol–water partition coefficient (Wildman–Crippen LogP) is 2.23. The van der Waals surface area contributed by atoms with Gasteiger partial charge in [-0.05, 0) is 37.9 Å². The fourth-order valence-corrected chi connectivity index (χ4v) is 1.81. The van der Waals surface area contributed by atoms with Crippen LogP contribution >= 0.6 is 0 Å². The summed E-state index contributed by atoms with van der Waals surface area (Å²) in [5, 5.41) is 0. The zero-order chi connectivity index (χ0) is 14.6. The first-order valence-electron chi connectivity index (χ1n) is 6.95. The molecule has 0 amide bonds. The Morgan fingerprint density at radius 1 is 0.900 bits per heavy atom. The second-order valence-electron chi connectivity index (χ2n) is 4.30. The monoisotopic (exact) mass is 283 g/mol. The lowest BCUT2D eigenvalue weighted by molar-refractivity contribution is 0.0960. The van der Waals surface area contributed by atoms with Crippen LogP contribution in [-0.4, -0.2) is 40.6 Å². The van der Waals surface area contributed by atoms with Gasteiger partial charge in [0.25, 0.3) is 0 Å². The molecule has 20 heavy (non-hydrogen) atoms. The van der Waals surface area contributed by atoms with Crippen LogP contribution in [0.5, 0.6) is 17.2 Å². The maximum Gasteiger partial charge on any atom is 0.203 e. The number of unbranched alkanes of at least 4 members (excludes halogenated alkanes) is 2. The van der Waals surface area contributed by atoms with Crippen LogP contribution in [-0.2, 0) is 4.74 Å². The minimum Gasteiger partial charge on any atom is -0.493 e. The Bertz CT molecular complexity index is 371. The summed E-state index contributed by atoms with van der Waals surface area (Å²) < 4.78 is 21.6. The highest BCUT2D eigenvalue weighted by molar-refractivity contribution is 5.50. The number of para-hydroxylation sites is 1. The van der Waals surface area contributed by atoms with Crippen molar-refractivity contribution in [3.05, 3.63) is 18.2 Å². The molecule has 0 radical (unpaired) electrons. The lowest BCUT2D eigenvalue weighted by atomic mass is 10.2. The predicted molar refractivity (Wildman–Crippen MR) is 78.8 cm³/mol. The zero-order valence-corrected chi connectivity index (χ0v) is 12.4. The van der Waals surface area contributed by atoms with E-state index in [-0.39, 0.29) is 0 Å². The summed E-state index contributed by atoms with van der Waals surface area (Å²) in [5.74, 6) is 1.93. The Morgan fingerprint density at radius 2 is 1.70 bits per heavy atom. The quantitative estimate of drug-likeness (QED) is 0.631. The first-order chi connectivity index (χ1) is 9.83. The van der Waals surface area contributed by atoms with E-state index in [0.29, 0.717) is 30.5 Å². The van der Waals surface area contributed by atoms with E-state index in [9.17, 15) is 0 Å². The molecule has 2 N–H and O–H groups in total. The number of rotatable bonds is 11. The summed E-state index contributed by atoms with van der Waals surface area (Å²) >= 11 is 0. The van der Waals surface area contributed by atoms with Gasteiger partial charge >= 0.3 is 0 Å². The Kier molecular flexibility index (Phi) is 8.58. The van der Waals surface area contributed by atoms with Crippen LogP contribution in [0.3, 0.4) is 0 Å². The molecule has 0 saturated heterocycles. The fraction of sp³-hybridized carbons (Fsp3) is 0.600. The lowest BCUT2D eigenvalue weighted by Gasteiger charge is -2.13. The summed E-state index contributed by atoms with van der Waals surface area (Å²) in [6, 6.07) is 5.55. The van der Waals surface area contributed by atoms with Crippen LogP contribution in [0.2, 0.25) is 0 Å². The van der Waals surface area contributed by atoms with Crippen molar-refractivity contribution in [2.45, 2.75) is 19.3 Å². The third-order valence-electron chi connectivity index (χ3n) is 2.84. The van der Waals surface area contributed by atoms with Gasteiger partial charge in [0.05, 0.1) is 20.8 Å². The summed E-state index contributed by atoms with van der Waals surface area (Å²) in [4.78, 5) is 0. The van der Waals surface area contributed by atoms with Crippen molar-refractivity contribution >= 4 is 0 Å². The van der Waals surface area contributed by atoms with Crippen molar-refractivity contribution in [1.29, 1.82) is 0 Å². The molecular weight excluding hydrogens is 258 g/mol. The third kappa shape index (κ3) is 5.67. The van der Waals surface area contributed by atoms with Crippen LogP contribution in [0, 0.1) is 0 Å². The van der Waals surface area contributed by atoms with E-state index in [0.717, 1.165) is 32.4 Å². The number of benzene rings is 1. The highest BCUT2D eigenvalue weighted by Gasteiger charge is 2.10. The van der Waals surface area contributed by atoms with Crippen molar-refractivity contribution in [1.82, 2.24) is 0 Å². The largest absolute Gasteiger partial charge is 0.493 e. The van der Waals surface area contributed by atoms with Crippen LogP contribution in [0.1, 0.15) is 19.3 Å². The lowest BCUT2D eigenvalue weighted by Crippen LogP contribution is -2.08. The molecule has 1 aromatic carbocycles. The van der Waals surface area contributed by atoms with E-state index in [1.54, 1.807) is 14.2 Å². The molecule has 0 spiro atoms. The first kappa shape index (κ1) is 16.6. The molecule has 0 heterocycles. The average molecular weight is 283 g/mol. The molecule has 0 aliphatic rings. The molecule has 5 heteroatoms. The van der Waals surface area contributed by atoms with E-state index in [4.69, 9.17) is 24.7 Å². The Labute approximate surface area is 121 Å². The van der Waals surface area contributed by atoms with Gasteiger partial charge in [-0.2, -0.15) is 0 Å². The molecule has 0 aliphatic carbocycles. The third-order valence-corrected chi connectivity index (χ3v) is 2.84. The molecular formula is C15H25NO4. The molecule has 0 fully saturated rings. The maximum absolute atomic E-state index is 5.65. The SMILES string of the molecule is COc1cccc(OCCOCCCCCN)c1OC. The van der Waals surface area contributed by atoms with Gasteiger partial charge in [0, 0.05) is 6.61 Å². The van der Waals surface area contributed by atoms with Gasteiger partial charge in [0.2, 0.25) is 5.75 Å².